The topological polar surface area (TPSA) is 32.3 Å². The normalized spacial score (nSPS) is 10.4. The summed E-state index contributed by atoms with van der Waals surface area (Å²) in [6.45, 7) is 0.928. The molecule has 0 spiro atoms. The lowest BCUT2D eigenvalue weighted by atomic mass is 9.91. The molecule has 0 bridgehead atoms. The van der Waals surface area contributed by atoms with Crippen LogP contribution >= 0.6 is 12.4 Å². The molecule has 0 radical (unpaired) electrons. The standard InChI is InChI=1S/C28H26N2O.ClH/c31-28(30(25-17-9-3-10-18-25)26-19-11-4-12-20-26)22-29-21-27(23-13-5-1-6-14-23)24-15-7-2-8-16-24;/h1-20,27,29H,21-22H2;1H. The van der Waals surface area contributed by atoms with E-state index in [4.69, 9.17) is 0 Å². The molecule has 4 heteroatoms. The maximum Gasteiger partial charge on any atom is 0.245 e. The summed E-state index contributed by atoms with van der Waals surface area (Å²) in [5, 5.41) is 3.41. The van der Waals surface area contributed by atoms with E-state index in [9.17, 15) is 4.79 Å². The van der Waals surface area contributed by atoms with Crippen LogP contribution in [0.3, 0.4) is 0 Å². The molecule has 0 aliphatic carbocycles. The number of hydrogen-bond donors (Lipinski definition) is 1. The maximum absolute atomic E-state index is 13.3. The smallest absolute Gasteiger partial charge is 0.245 e. The van der Waals surface area contributed by atoms with Crippen LogP contribution in [0, 0.1) is 0 Å². The van der Waals surface area contributed by atoms with E-state index in [2.05, 4.69) is 53.8 Å². The number of nitrogens with zero attached hydrogens (tertiary/aromatic N) is 1. The molecule has 0 unspecified atom stereocenters. The molecular formula is C28H27ClN2O. The van der Waals surface area contributed by atoms with E-state index >= 15 is 0 Å². The number of halogens is 1. The molecule has 162 valence electrons. The van der Waals surface area contributed by atoms with E-state index in [1.165, 1.54) is 11.1 Å². The summed E-state index contributed by atoms with van der Waals surface area (Å²) in [5.74, 6) is 0.189. The van der Waals surface area contributed by atoms with Crippen LogP contribution in [-0.4, -0.2) is 19.0 Å². The van der Waals surface area contributed by atoms with Crippen molar-refractivity contribution in [1.29, 1.82) is 0 Å². The molecule has 0 fully saturated rings. The minimum absolute atomic E-state index is 0. The van der Waals surface area contributed by atoms with Crippen molar-refractivity contribution in [3.05, 3.63) is 132 Å². The number of benzene rings is 4. The third kappa shape index (κ3) is 5.85. The second-order valence-electron chi connectivity index (χ2n) is 7.41. The van der Waals surface area contributed by atoms with E-state index < -0.39 is 0 Å². The van der Waals surface area contributed by atoms with Crippen molar-refractivity contribution in [3.8, 4) is 0 Å². The maximum atomic E-state index is 13.3. The highest BCUT2D eigenvalue weighted by Crippen LogP contribution is 2.26. The second kappa shape index (κ2) is 11.8. The molecule has 0 saturated heterocycles. The van der Waals surface area contributed by atoms with Gasteiger partial charge in [0.25, 0.3) is 0 Å². The van der Waals surface area contributed by atoms with Crippen LogP contribution in [0.5, 0.6) is 0 Å². The van der Waals surface area contributed by atoms with E-state index in [0.717, 1.165) is 11.4 Å². The number of para-hydroxylation sites is 2. The first kappa shape index (κ1) is 23.3. The molecule has 1 amide bonds. The van der Waals surface area contributed by atoms with Gasteiger partial charge in [-0.25, -0.2) is 0 Å². The van der Waals surface area contributed by atoms with Crippen LogP contribution in [0.25, 0.3) is 0 Å². The van der Waals surface area contributed by atoms with Crippen molar-refractivity contribution in [2.45, 2.75) is 5.92 Å². The van der Waals surface area contributed by atoms with Gasteiger partial charge in [0.15, 0.2) is 0 Å². The summed E-state index contributed by atoms with van der Waals surface area (Å²) in [5.41, 5.74) is 4.19. The Morgan fingerprint density at radius 1 is 0.625 bits per heavy atom. The zero-order valence-electron chi connectivity index (χ0n) is 17.8. The number of amides is 1. The highest BCUT2D eigenvalue weighted by Gasteiger charge is 2.19. The molecule has 1 N–H and O–H groups in total. The van der Waals surface area contributed by atoms with Gasteiger partial charge in [0.05, 0.1) is 6.54 Å². The Morgan fingerprint density at radius 2 is 1.00 bits per heavy atom. The zero-order chi connectivity index (χ0) is 21.3. The summed E-state index contributed by atoms with van der Waals surface area (Å²) < 4.78 is 0. The van der Waals surface area contributed by atoms with E-state index in [1.54, 1.807) is 4.90 Å². The minimum atomic E-state index is 0. The number of anilines is 2. The first-order chi connectivity index (χ1) is 15.3. The lowest BCUT2D eigenvalue weighted by molar-refractivity contribution is -0.117. The molecule has 4 aromatic carbocycles. The lowest BCUT2D eigenvalue weighted by Crippen LogP contribution is -2.37. The molecule has 3 nitrogen and oxygen atoms in total. The Bertz CT molecular complexity index is 994. The summed E-state index contributed by atoms with van der Waals surface area (Å²) in [6, 6.07) is 40.4. The van der Waals surface area contributed by atoms with Gasteiger partial charge >= 0.3 is 0 Å². The fourth-order valence-electron chi connectivity index (χ4n) is 3.79. The summed E-state index contributed by atoms with van der Waals surface area (Å²) in [7, 11) is 0. The fourth-order valence-corrected chi connectivity index (χ4v) is 3.79. The van der Waals surface area contributed by atoms with Gasteiger partial charge in [-0.1, -0.05) is 97.1 Å². The number of nitrogens with one attached hydrogen (secondary N) is 1. The summed E-state index contributed by atoms with van der Waals surface area (Å²) in [6.07, 6.45) is 0. The van der Waals surface area contributed by atoms with E-state index in [-0.39, 0.29) is 30.8 Å². The van der Waals surface area contributed by atoms with Crippen molar-refractivity contribution in [3.63, 3.8) is 0 Å². The molecule has 0 heterocycles. The van der Waals surface area contributed by atoms with Gasteiger partial charge in [0.2, 0.25) is 5.91 Å². The Kier molecular flexibility index (Phi) is 8.61. The molecule has 4 aromatic rings. The lowest BCUT2D eigenvalue weighted by Gasteiger charge is -2.24. The molecule has 0 aliphatic heterocycles. The van der Waals surface area contributed by atoms with E-state index in [1.807, 2.05) is 72.8 Å². The summed E-state index contributed by atoms with van der Waals surface area (Å²) in [4.78, 5) is 15.0. The average molecular weight is 443 g/mol. The monoisotopic (exact) mass is 442 g/mol. The van der Waals surface area contributed by atoms with E-state index in [0.29, 0.717) is 6.54 Å². The highest BCUT2D eigenvalue weighted by atomic mass is 35.5. The summed E-state index contributed by atoms with van der Waals surface area (Å²) >= 11 is 0. The first-order valence-electron chi connectivity index (χ1n) is 10.6. The van der Waals surface area contributed by atoms with Crippen molar-refractivity contribution < 1.29 is 4.79 Å². The predicted molar refractivity (Wildman–Crippen MR) is 135 cm³/mol. The number of rotatable bonds is 8. The third-order valence-corrected chi connectivity index (χ3v) is 5.31. The molecular weight excluding hydrogens is 416 g/mol. The van der Waals surface area contributed by atoms with Crippen LogP contribution in [0.1, 0.15) is 17.0 Å². The highest BCUT2D eigenvalue weighted by molar-refractivity contribution is 6.01. The molecule has 0 aliphatic rings. The number of carbonyl (C=O) groups excluding carboxylic acids is 1. The Hall–Kier alpha value is -3.40. The predicted octanol–water partition coefficient (Wildman–Crippen LogP) is 6.19. The van der Waals surface area contributed by atoms with Gasteiger partial charge < -0.3 is 5.32 Å². The zero-order valence-corrected chi connectivity index (χ0v) is 18.6. The van der Waals surface area contributed by atoms with Gasteiger partial charge in [-0.05, 0) is 35.4 Å². The van der Waals surface area contributed by atoms with Crippen LogP contribution < -0.4 is 10.2 Å². The van der Waals surface area contributed by atoms with Crippen molar-refractivity contribution in [2.75, 3.05) is 18.0 Å². The fraction of sp³-hybridized carbons (Fsp3) is 0.107. The number of carbonyl (C=O) groups is 1. The van der Waals surface area contributed by atoms with Crippen molar-refractivity contribution in [1.82, 2.24) is 5.32 Å². The quantitative estimate of drug-likeness (QED) is 0.352. The van der Waals surface area contributed by atoms with Crippen molar-refractivity contribution >= 4 is 29.7 Å². The van der Waals surface area contributed by atoms with Crippen LogP contribution in [0.15, 0.2) is 121 Å². The molecule has 0 atom stereocenters. The van der Waals surface area contributed by atoms with Gasteiger partial charge in [-0.3, -0.25) is 9.69 Å². The second-order valence-corrected chi connectivity index (χ2v) is 7.41. The Labute approximate surface area is 196 Å². The molecule has 0 aromatic heterocycles. The first-order valence-corrected chi connectivity index (χ1v) is 10.6. The molecule has 4 rings (SSSR count). The molecule has 32 heavy (non-hydrogen) atoms. The van der Waals surface area contributed by atoms with Crippen LogP contribution in [0.2, 0.25) is 0 Å². The Balaban J connectivity index is 0.00000289. The van der Waals surface area contributed by atoms with Crippen molar-refractivity contribution in [2.24, 2.45) is 0 Å². The van der Waals surface area contributed by atoms with Gasteiger partial charge in [-0.15, -0.1) is 12.4 Å². The Morgan fingerprint density at radius 3 is 1.41 bits per heavy atom. The van der Waals surface area contributed by atoms with Gasteiger partial charge in [0.1, 0.15) is 0 Å². The SMILES string of the molecule is Cl.O=C(CNCC(c1ccccc1)c1ccccc1)N(c1ccccc1)c1ccccc1. The van der Waals surface area contributed by atoms with Gasteiger partial charge in [-0.2, -0.15) is 0 Å². The van der Waals surface area contributed by atoms with Gasteiger partial charge in [0, 0.05) is 23.8 Å². The number of hydrogen-bond acceptors (Lipinski definition) is 2. The van der Waals surface area contributed by atoms with Crippen LogP contribution in [0.4, 0.5) is 11.4 Å². The third-order valence-electron chi connectivity index (χ3n) is 5.31. The minimum Gasteiger partial charge on any atom is -0.307 e. The van der Waals surface area contributed by atoms with Crippen LogP contribution in [-0.2, 0) is 4.79 Å². The molecule has 0 saturated carbocycles. The largest absolute Gasteiger partial charge is 0.307 e. The average Bonchev–Trinajstić information content (AvgIpc) is 2.84.